The van der Waals surface area contributed by atoms with Crippen LogP contribution >= 0.6 is 0 Å². The van der Waals surface area contributed by atoms with E-state index in [1.807, 2.05) is 62.6 Å². The smallest absolute Gasteiger partial charge is 0.127 e. The summed E-state index contributed by atoms with van der Waals surface area (Å²) in [7, 11) is 7.17. The highest BCUT2D eigenvalue weighted by atomic mass is 16.5. The number of benzene rings is 3. The van der Waals surface area contributed by atoms with Gasteiger partial charge in [-0.25, -0.2) is 0 Å². The molecule has 0 fully saturated rings. The zero-order valence-corrected chi connectivity index (χ0v) is 19.4. The molecule has 32 heavy (non-hydrogen) atoms. The van der Waals surface area contributed by atoms with E-state index in [2.05, 4.69) is 42.6 Å². The van der Waals surface area contributed by atoms with E-state index >= 15 is 0 Å². The molecule has 1 N–H and O–H groups in total. The highest BCUT2D eigenvalue weighted by molar-refractivity contribution is 6.05. The molecule has 1 aliphatic carbocycles. The van der Waals surface area contributed by atoms with Gasteiger partial charge >= 0.3 is 0 Å². The van der Waals surface area contributed by atoms with Gasteiger partial charge < -0.3 is 19.5 Å². The van der Waals surface area contributed by atoms with Crippen molar-refractivity contribution >= 4 is 17.2 Å². The molecule has 0 bridgehead atoms. The quantitative estimate of drug-likeness (QED) is 0.499. The van der Waals surface area contributed by atoms with Crippen molar-refractivity contribution in [1.29, 1.82) is 0 Å². The van der Waals surface area contributed by atoms with Gasteiger partial charge in [-0.2, -0.15) is 0 Å². The predicted octanol–water partition coefficient (Wildman–Crippen LogP) is 6.30. The highest BCUT2D eigenvalue weighted by Gasteiger charge is 2.24. The van der Waals surface area contributed by atoms with E-state index in [0.29, 0.717) is 6.61 Å². The molecule has 0 saturated heterocycles. The summed E-state index contributed by atoms with van der Waals surface area (Å²) in [5.74, 6) is 2.51. The minimum atomic E-state index is 0.577. The van der Waals surface area contributed by atoms with Crippen LogP contribution < -0.4 is 14.8 Å². The molecule has 0 aliphatic heterocycles. The van der Waals surface area contributed by atoms with E-state index in [4.69, 9.17) is 14.2 Å². The van der Waals surface area contributed by atoms with Crippen molar-refractivity contribution < 1.29 is 14.2 Å². The lowest BCUT2D eigenvalue weighted by Gasteiger charge is -2.08. The average Bonchev–Trinajstić information content (AvgIpc) is 3.07. The summed E-state index contributed by atoms with van der Waals surface area (Å²) in [5, 5.41) is 2.75. The lowest BCUT2D eigenvalue weighted by molar-refractivity contribution is 0.239. The van der Waals surface area contributed by atoms with Gasteiger partial charge in [0.05, 0.1) is 13.7 Å². The van der Waals surface area contributed by atoms with E-state index in [1.54, 1.807) is 14.2 Å². The summed E-state index contributed by atoms with van der Waals surface area (Å²) in [6, 6.07) is 24.2. The predicted molar refractivity (Wildman–Crippen MR) is 133 cm³/mol. The van der Waals surface area contributed by atoms with Gasteiger partial charge in [0.25, 0.3) is 0 Å². The van der Waals surface area contributed by atoms with E-state index in [9.17, 15) is 0 Å². The summed E-state index contributed by atoms with van der Waals surface area (Å²) < 4.78 is 16.8. The second kappa shape index (κ2) is 11.3. The first-order chi connectivity index (χ1) is 15.6. The summed E-state index contributed by atoms with van der Waals surface area (Å²) in [6.07, 6.45) is 2.22. The maximum atomic E-state index is 5.89. The first-order valence-electron chi connectivity index (χ1n) is 10.6. The Labute approximate surface area is 191 Å². The Morgan fingerprint density at radius 3 is 2.03 bits per heavy atom. The van der Waals surface area contributed by atoms with Crippen molar-refractivity contribution in [2.24, 2.45) is 0 Å². The third-order valence-electron chi connectivity index (χ3n) is 5.16. The van der Waals surface area contributed by atoms with Gasteiger partial charge in [0, 0.05) is 7.11 Å². The van der Waals surface area contributed by atoms with Gasteiger partial charge in [-0.1, -0.05) is 36.4 Å². The third kappa shape index (κ3) is 5.47. The van der Waals surface area contributed by atoms with Crippen LogP contribution in [0.2, 0.25) is 0 Å². The molecule has 0 spiro atoms. The second-order valence-corrected chi connectivity index (χ2v) is 7.49. The molecule has 3 aromatic carbocycles. The van der Waals surface area contributed by atoms with Crippen LogP contribution in [0.3, 0.4) is 0 Å². The highest BCUT2D eigenvalue weighted by Crippen LogP contribution is 2.43. The number of hydrogen-bond donors (Lipinski definition) is 1. The molecule has 0 heterocycles. The molecule has 0 radical (unpaired) electrons. The molecule has 4 nitrogen and oxygen atoms in total. The molecule has 166 valence electrons. The number of allylic oxidation sites excluding steroid dienone is 2. The molecule has 4 heteroatoms. The van der Waals surface area contributed by atoms with Crippen LogP contribution in [0.25, 0.3) is 17.2 Å². The Balaban J connectivity index is 0.000000913. The first-order valence-corrected chi connectivity index (χ1v) is 10.6. The summed E-state index contributed by atoms with van der Waals surface area (Å²) in [6.45, 7) is 2.73. The summed E-state index contributed by atoms with van der Waals surface area (Å²) >= 11 is 0. The molecule has 0 aromatic heterocycles. The van der Waals surface area contributed by atoms with E-state index in [0.717, 1.165) is 22.8 Å². The van der Waals surface area contributed by atoms with Crippen LogP contribution in [-0.2, 0) is 4.74 Å². The Morgan fingerprint density at radius 1 is 0.781 bits per heavy atom. The second-order valence-electron chi connectivity index (χ2n) is 7.49. The fraction of sp³-hybridized carbons (Fsp3) is 0.214. The van der Waals surface area contributed by atoms with Crippen molar-refractivity contribution in [2.45, 2.75) is 6.92 Å². The Morgan fingerprint density at radius 2 is 1.41 bits per heavy atom. The number of fused-ring (bicyclic) bond motifs is 1. The summed E-state index contributed by atoms with van der Waals surface area (Å²) in [4.78, 5) is 0. The lowest BCUT2D eigenvalue weighted by Crippen LogP contribution is -1.94. The largest absolute Gasteiger partial charge is 0.497 e. The zero-order valence-electron chi connectivity index (χ0n) is 19.4. The lowest BCUT2D eigenvalue weighted by atomic mass is 10.0. The van der Waals surface area contributed by atoms with Crippen molar-refractivity contribution in [3.63, 3.8) is 0 Å². The minimum Gasteiger partial charge on any atom is -0.497 e. The zero-order chi connectivity index (χ0) is 22.9. The number of rotatable bonds is 6. The van der Waals surface area contributed by atoms with Crippen LogP contribution in [0.1, 0.15) is 23.6 Å². The van der Waals surface area contributed by atoms with Gasteiger partial charge in [0.1, 0.15) is 17.2 Å². The van der Waals surface area contributed by atoms with Crippen molar-refractivity contribution in [2.75, 3.05) is 34.9 Å². The van der Waals surface area contributed by atoms with Crippen LogP contribution in [0.4, 0.5) is 0 Å². The van der Waals surface area contributed by atoms with Gasteiger partial charge in [-0.15, -0.1) is 0 Å². The standard InChI is InChI=1S/C26H24O3.C2H7N/c1-18-24(23-14-13-22(28-3)16-25(23)26(18)17-27-2)15-19-9-11-21(12-10-19)29-20-7-5-4-6-8-20;1-3-2/h4-16H,17H2,1-3H3;3H,1-2H3/b24-15-;. The minimum absolute atomic E-state index is 0.577. The van der Waals surface area contributed by atoms with Crippen LogP contribution in [0, 0.1) is 0 Å². The Hall–Kier alpha value is -3.34. The SMILES string of the molecule is CNC.COCC1=C(C)/C(=C/c2ccc(Oc3ccccc3)cc2)c2ccc(OC)cc21. The van der Waals surface area contributed by atoms with Gasteiger partial charge in [0.15, 0.2) is 0 Å². The number of hydrogen-bond acceptors (Lipinski definition) is 4. The van der Waals surface area contributed by atoms with Crippen molar-refractivity contribution in [3.05, 3.63) is 95.1 Å². The monoisotopic (exact) mass is 429 g/mol. The summed E-state index contributed by atoms with van der Waals surface area (Å²) in [5.41, 5.74) is 7.17. The average molecular weight is 430 g/mol. The molecule has 1 aliphatic rings. The molecular formula is C28H31NO3. The number of para-hydroxylation sites is 1. The molecule has 0 atom stereocenters. The number of nitrogens with one attached hydrogen (secondary N) is 1. The number of methoxy groups -OCH3 is 2. The van der Waals surface area contributed by atoms with Crippen LogP contribution in [0.15, 0.2) is 78.4 Å². The van der Waals surface area contributed by atoms with Crippen LogP contribution in [-0.4, -0.2) is 34.9 Å². The topological polar surface area (TPSA) is 39.7 Å². The maximum Gasteiger partial charge on any atom is 0.127 e. The van der Waals surface area contributed by atoms with Gasteiger partial charge in [0.2, 0.25) is 0 Å². The fourth-order valence-corrected chi connectivity index (χ4v) is 3.64. The molecule has 0 unspecified atom stereocenters. The molecule has 0 saturated carbocycles. The first kappa shape index (κ1) is 23.3. The fourth-order valence-electron chi connectivity index (χ4n) is 3.64. The van der Waals surface area contributed by atoms with Crippen molar-refractivity contribution in [3.8, 4) is 17.2 Å². The molecular weight excluding hydrogens is 398 g/mol. The van der Waals surface area contributed by atoms with E-state index < -0.39 is 0 Å². The molecule has 3 aromatic rings. The van der Waals surface area contributed by atoms with E-state index in [-0.39, 0.29) is 0 Å². The van der Waals surface area contributed by atoms with E-state index in [1.165, 1.54) is 27.8 Å². The van der Waals surface area contributed by atoms with Crippen molar-refractivity contribution in [1.82, 2.24) is 5.32 Å². The molecule has 0 amide bonds. The number of ether oxygens (including phenoxy) is 3. The maximum absolute atomic E-state index is 5.89. The Kier molecular flexibility index (Phi) is 8.26. The Bertz CT molecular complexity index is 1080. The normalized spacial score (nSPS) is 13.5. The van der Waals surface area contributed by atoms with Gasteiger partial charge in [-0.05, 0) is 96.9 Å². The van der Waals surface area contributed by atoms with Gasteiger partial charge in [-0.3, -0.25) is 0 Å². The molecule has 4 rings (SSSR count). The third-order valence-corrected chi connectivity index (χ3v) is 5.16. The van der Waals surface area contributed by atoms with Crippen LogP contribution in [0.5, 0.6) is 17.2 Å².